The Hall–Kier alpha value is -0.160. The van der Waals surface area contributed by atoms with E-state index in [0.717, 1.165) is 32.2 Å². The van der Waals surface area contributed by atoms with Crippen LogP contribution in [0.5, 0.6) is 0 Å². The third-order valence-electron chi connectivity index (χ3n) is 3.23. The molecule has 0 spiro atoms. The van der Waals surface area contributed by atoms with Gasteiger partial charge in [-0.1, -0.05) is 0 Å². The van der Waals surface area contributed by atoms with E-state index in [1.165, 1.54) is 0 Å². The Morgan fingerprint density at radius 3 is 2.44 bits per heavy atom. The van der Waals surface area contributed by atoms with Crippen LogP contribution in [0, 0.1) is 0 Å². The van der Waals surface area contributed by atoms with Crippen LogP contribution in [0.2, 0.25) is 0 Å². The molecule has 16 heavy (non-hydrogen) atoms. The molecule has 0 aromatic carbocycles. The number of aliphatic hydroxyl groups excluding tert-OH is 1. The lowest BCUT2D eigenvalue weighted by Crippen LogP contribution is -2.42. The first-order valence-electron chi connectivity index (χ1n) is 6.20. The summed E-state index contributed by atoms with van der Waals surface area (Å²) in [7, 11) is 5.75. The highest BCUT2D eigenvalue weighted by atomic mass is 16.5. The molecule has 2 N–H and O–H groups in total. The molecule has 0 saturated heterocycles. The first-order chi connectivity index (χ1) is 7.61. The van der Waals surface area contributed by atoms with Gasteiger partial charge >= 0.3 is 0 Å². The number of hydrogen-bond donors (Lipinski definition) is 2. The van der Waals surface area contributed by atoms with Crippen LogP contribution < -0.4 is 5.32 Å². The SMILES string of the molecule is COC1CCC(NCC(O)CN(C)C)CC1. The summed E-state index contributed by atoms with van der Waals surface area (Å²) in [5.41, 5.74) is 0. The first kappa shape index (κ1) is 13.9. The maximum absolute atomic E-state index is 9.72. The molecule has 1 aliphatic carbocycles. The average molecular weight is 230 g/mol. The van der Waals surface area contributed by atoms with E-state index >= 15 is 0 Å². The van der Waals surface area contributed by atoms with Crippen LogP contribution in [-0.4, -0.2) is 62.6 Å². The maximum atomic E-state index is 9.72. The smallest absolute Gasteiger partial charge is 0.0791 e. The summed E-state index contributed by atoms with van der Waals surface area (Å²) in [4.78, 5) is 2.01. The van der Waals surface area contributed by atoms with Crippen molar-refractivity contribution in [2.45, 2.75) is 43.9 Å². The molecule has 0 aromatic heterocycles. The van der Waals surface area contributed by atoms with Gasteiger partial charge in [-0.05, 0) is 39.8 Å². The summed E-state index contributed by atoms with van der Waals surface area (Å²) in [6, 6.07) is 0.559. The van der Waals surface area contributed by atoms with E-state index in [1.807, 2.05) is 19.0 Å². The fourth-order valence-corrected chi connectivity index (χ4v) is 2.29. The van der Waals surface area contributed by atoms with E-state index in [-0.39, 0.29) is 6.10 Å². The number of aliphatic hydroxyl groups is 1. The first-order valence-corrected chi connectivity index (χ1v) is 6.20. The Morgan fingerprint density at radius 2 is 1.94 bits per heavy atom. The van der Waals surface area contributed by atoms with Gasteiger partial charge in [-0.25, -0.2) is 0 Å². The van der Waals surface area contributed by atoms with Crippen LogP contribution in [0.3, 0.4) is 0 Å². The lowest BCUT2D eigenvalue weighted by Gasteiger charge is -2.29. The molecule has 1 rings (SSSR count). The van der Waals surface area contributed by atoms with Gasteiger partial charge in [0, 0.05) is 26.2 Å². The molecule has 0 heterocycles. The zero-order valence-electron chi connectivity index (χ0n) is 10.8. The van der Waals surface area contributed by atoms with Gasteiger partial charge in [-0.3, -0.25) is 0 Å². The minimum atomic E-state index is -0.268. The number of ether oxygens (including phenoxy) is 1. The highest BCUT2D eigenvalue weighted by Crippen LogP contribution is 2.20. The Bertz CT molecular complexity index is 180. The van der Waals surface area contributed by atoms with E-state index < -0.39 is 0 Å². The second kappa shape index (κ2) is 7.22. The van der Waals surface area contributed by atoms with Crippen LogP contribution in [0.4, 0.5) is 0 Å². The summed E-state index contributed by atoms with van der Waals surface area (Å²) >= 11 is 0. The third-order valence-corrected chi connectivity index (χ3v) is 3.23. The van der Waals surface area contributed by atoms with Gasteiger partial charge in [0.2, 0.25) is 0 Å². The van der Waals surface area contributed by atoms with Crippen molar-refractivity contribution in [2.24, 2.45) is 0 Å². The molecule has 0 aliphatic heterocycles. The third kappa shape index (κ3) is 5.25. The van der Waals surface area contributed by atoms with Crippen molar-refractivity contribution in [3.05, 3.63) is 0 Å². The maximum Gasteiger partial charge on any atom is 0.0791 e. The van der Waals surface area contributed by atoms with E-state index in [4.69, 9.17) is 4.74 Å². The molecule has 1 unspecified atom stereocenters. The average Bonchev–Trinajstić information content (AvgIpc) is 2.26. The predicted molar refractivity (Wildman–Crippen MR) is 65.6 cm³/mol. The molecule has 0 amide bonds. The number of hydrogen-bond acceptors (Lipinski definition) is 4. The van der Waals surface area contributed by atoms with Crippen LogP contribution in [0.25, 0.3) is 0 Å². The fourth-order valence-electron chi connectivity index (χ4n) is 2.29. The largest absolute Gasteiger partial charge is 0.390 e. The minimum absolute atomic E-state index is 0.268. The molecule has 0 bridgehead atoms. The zero-order valence-corrected chi connectivity index (χ0v) is 10.8. The van der Waals surface area contributed by atoms with Gasteiger partial charge in [-0.15, -0.1) is 0 Å². The topological polar surface area (TPSA) is 44.7 Å². The Morgan fingerprint density at radius 1 is 1.31 bits per heavy atom. The van der Waals surface area contributed by atoms with Crippen molar-refractivity contribution in [3.63, 3.8) is 0 Å². The summed E-state index contributed by atoms with van der Waals surface area (Å²) in [5.74, 6) is 0. The van der Waals surface area contributed by atoms with E-state index in [2.05, 4.69) is 5.32 Å². The predicted octanol–water partition coefficient (Wildman–Crippen LogP) is 0.456. The number of nitrogens with one attached hydrogen (secondary N) is 1. The quantitative estimate of drug-likeness (QED) is 0.696. The molecule has 4 nitrogen and oxygen atoms in total. The monoisotopic (exact) mass is 230 g/mol. The number of methoxy groups -OCH3 is 1. The Balaban J connectivity index is 2.10. The number of likely N-dealkylation sites (N-methyl/N-ethyl adjacent to an activating group) is 1. The number of nitrogens with zero attached hydrogens (tertiary/aromatic N) is 1. The summed E-state index contributed by atoms with van der Waals surface area (Å²) in [6.45, 7) is 1.42. The van der Waals surface area contributed by atoms with Gasteiger partial charge in [0.15, 0.2) is 0 Å². The normalized spacial score (nSPS) is 28.3. The van der Waals surface area contributed by atoms with Crippen molar-refractivity contribution in [3.8, 4) is 0 Å². The van der Waals surface area contributed by atoms with E-state index in [1.54, 1.807) is 7.11 Å². The van der Waals surface area contributed by atoms with Crippen molar-refractivity contribution in [1.29, 1.82) is 0 Å². The molecule has 0 aromatic rings. The second-order valence-electron chi connectivity index (χ2n) is 5.03. The van der Waals surface area contributed by atoms with E-state index in [9.17, 15) is 5.11 Å². The van der Waals surface area contributed by atoms with Gasteiger partial charge in [0.1, 0.15) is 0 Å². The molecular weight excluding hydrogens is 204 g/mol. The molecule has 1 fully saturated rings. The van der Waals surface area contributed by atoms with Crippen molar-refractivity contribution < 1.29 is 9.84 Å². The fraction of sp³-hybridized carbons (Fsp3) is 1.00. The van der Waals surface area contributed by atoms with Gasteiger partial charge < -0.3 is 20.1 Å². The lowest BCUT2D eigenvalue weighted by atomic mass is 9.93. The van der Waals surface area contributed by atoms with Gasteiger partial charge in [0.25, 0.3) is 0 Å². The van der Waals surface area contributed by atoms with Crippen molar-refractivity contribution in [2.75, 3.05) is 34.3 Å². The Kier molecular flexibility index (Phi) is 6.28. The van der Waals surface area contributed by atoms with Crippen LogP contribution in [0.1, 0.15) is 25.7 Å². The highest BCUT2D eigenvalue weighted by molar-refractivity contribution is 4.78. The molecule has 96 valence electrons. The second-order valence-corrected chi connectivity index (χ2v) is 5.03. The zero-order chi connectivity index (χ0) is 12.0. The summed E-state index contributed by atoms with van der Waals surface area (Å²) in [6.07, 6.45) is 4.77. The van der Waals surface area contributed by atoms with Crippen LogP contribution in [0.15, 0.2) is 0 Å². The van der Waals surface area contributed by atoms with Crippen LogP contribution >= 0.6 is 0 Å². The lowest BCUT2D eigenvalue weighted by molar-refractivity contribution is 0.0594. The van der Waals surface area contributed by atoms with Crippen molar-refractivity contribution in [1.82, 2.24) is 10.2 Å². The molecule has 4 heteroatoms. The minimum Gasteiger partial charge on any atom is -0.390 e. The highest BCUT2D eigenvalue weighted by Gasteiger charge is 2.20. The molecular formula is C12H26N2O2. The summed E-state index contributed by atoms with van der Waals surface area (Å²) in [5, 5.41) is 13.2. The molecule has 0 radical (unpaired) electrons. The standard InChI is InChI=1S/C12H26N2O2/c1-14(2)9-11(15)8-13-10-4-6-12(16-3)7-5-10/h10-13,15H,4-9H2,1-3H3. The van der Waals surface area contributed by atoms with Gasteiger partial charge in [-0.2, -0.15) is 0 Å². The van der Waals surface area contributed by atoms with Crippen LogP contribution in [-0.2, 0) is 4.74 Å². The van der Waals surface area contributed by atoms with Crippen molar-refractivity contribution >= 4 is 0 Å². The molecule has 1 saturated carbocycles. The molecule has 1 aliphatic rings. The molecule has 1 atom stereocenters. The Labute approximate surface area is 99.0 Å². The number of rotatable bonds is 6. The van der Waals surface area contributed by atoms with Gasteiger partial charge in [0.05, 0.1) is 12.2 Å². The van der Waals surface area contributed by atoms with E-state index in [0.29, 0.717) is 18.7 Å². The summed E-state index contributed by atoms with van der Waals surface area (Å²) < 4.78 is 5.33.